The highest BCUT2D eigenvalue weighted by Crippen LogP contribution is 2.32. The first-order valence-electron chi connectivity index (χ1n) is 8.05. The smallest absolute Gasteiger partial charge is 0.226 e. The van der Waals surface area contributed by atoms with Crippen LogP contribution in [0.2, 0.25) is 0 Å². The predicted octanol–water partition coefficient (Wildman–Crippen LogP) is 2.74. The van der Waals surface area contributed by atoms with Gasteiger partial charge in [0.15, 0.2) is 0 Å². The third-order valence-electron chi connectivity index (χ3n) is 4.43. The quantitative estimate of drug-likeness (QED) is 0.853. The monoisotopic (exact) mass is 323 g/mol. The lowest BCUT2D eigenvalue weighted by atomic mass is 9.90. The maximum Gasteiger partial charge on any atom is 0.226 e. The van der Waals surface area contributed by atoms with Crippen molar-refractivity contribution in [2.75, 3.05) is 17.6 Å². The molecule has 3 N–H and O–H groups in total. The van der Waals surface area contributed by atoms with Crippen LogP contribution in [-0.4, -0.2) is 23.3 Å². The first-order valence-corrected chi connectivity index (χ1v) is 8.05. The van der Waals surface area contributed by atoms with Gasteiger partial charge in [-0.15, -0.1) is 0 Å². The molecule has 0 bridgehead atoms. The van der Waals surface area contributed by atoms with Gasteiger partial charge >= 0.3 is 0 Å². The van der Waals surface area contributed by atoms with Gasteiger partial charge in [0.25, 0.3) is 0 Å². The summed E-state index contributed by atoms with van der Waals surface area (Å²) < 4.78 is 0. The molecule has 0 aliphatic carbocycles. The van der Waals surface area contributed by atoms with Crippen LogP contribution in [0.4, 0.5) is 11.4 Å². The molecule has 0 spiro atoms. The summed E-state index contributed by atoms with van der Waals surface area (Å²) in [5.74, 6) is -0.164. The Bertz CT molecular complexity index is 773. The standard InChI is InChI=1S/C19H21N3O2/c1-13(23)22-11-10-14-6-2-3-7-15(14)18(22)12-19(24)21-17-9-5-4-8-16(17)20/h2-9,18H,10-12,20H2,1H3,(H,21,24)/t18-/m0/s1. The Morgan fingerprint density at radius 3 is 2.62 bits per heavy atom. The molecule has 5 nitrogen and oxygen atoms in total. The zero-order valence-corrected chi connectivity index (χ0v) is 13.7. The number of hydrogen-bond donors (Lipinski definition) is 2. The number of para-hydroxylation sites is 2. The minimum absolute atomic E-state index is 0.0125. The molecule has 0 unspecified atom stereocenters. The number of amides is 2. The fourth-order valence-electron chi connectivity index (χ4n) is 3.24. The maximum absolute atomic E-state index is 12.5. The molecular formula is C19H21N3O2. The van der Waals surface area contributed by atoms with Crippen molar-refractivity contribution < 1.29 is 9.59 Å². The van der Waals surface area contributed by atoms with Crippen molar-refractivity contribution in [3.63, 3.8) is 0 Å². The lowest BCUT2D eigenvalue weighted by Crippen LogP contribution is -2.40. The molecule has 124 valence electrons. The molecular weight excluding hydrogens is 302 g/mol. The Kier molecular flexibility index (Phi) is 4.51. The number of benzene rings is 2. The largest absolute Gasteiger partial charge is 0.397 e. The summed E-state index contributed by atoms with van der Waals surface area (Å²) in [6.45, 7) is 2.19. The molecule has 1 aliphatic heterocycles. The van der Waals surface area contributed by atoms with Crippen LogP contribution in [0.25, 0.3) is 0 Å². The highest BCUT2D eigenvalue weighted by atomic mass is 16.2. The Morgan fingerprint density at radius 1 is 1.17 bits per heavy atom. The van der Waals surface area contributed by atoms with Crippen molar-refractivity contribution in [3.05, 3.63) is 59.7 Å². The third kappa shape index (κ3) is 3.25. The SMILES string of the molecule is CC(=O)N1CCc2ccccc2[C@@H]1CC(=O)Nc1ccccc1N. The first kappa shape index (κ1) is 16.1. The highest BCUT2D eigenvalue weighted by molar-refractivity contribution is 5.94. The third-order valence-corrected chi connectivity index (χ3v) is 4.43. The average Bonchev–Trinajstić information content (AvgIpc) is 2.57. The Balaban J connectivity index is 1.82. The average molecular weight is 323 g/mol. The van der Waals surface area contributed by atoms with E-state index in [2.05, 4.69) is 11.4 Å². The van der Waals surface area contributed by atoms with Gasteiger partial charge in [-0.05, 0) is 29.7 Å². The summed E-state index contributed by atoms with van der Waals surface area (Å²) in [5.41, 5.74) is 9.25. The summed E-state index contributed by atoms with van der Waals surface area (Å²) >= 11 is 0. The minimum Gasteiger partial charge on any atom is -0.397 e. The van der Waals surface area contributed by atoms with Gasteiger partial charge in [0.05, 0.1) is 23.8 Å². The number of hydrogen-bond acceptors (Lipinski definition) is 3. The lowest BCUT2D eigenvalue weighted by molar-refractivity contribution is -0.132. The molecule has 0 fully saturated rings. The second-order valence-corrected chi connectivity index (χ2v) is 6.02. The maximum atomic E-state index is 12.5. The molecule has 0 saturated carbocycles. The number of nitrogens with zero attached hydrogens (tertiary/aromatic N) is 1. The number of carbonyl (C=O) groups excluding carboxylic acids is 2. The van der Waals surface area contributed by atoms with Gasteiger partial charge in [0, 0.05) is 13.5 Å². The summed E-state index contributed by atoms with van der Waals surface area (Å²) in [4.78, 5) is 26.3. The molecule has 2 amide bonds. The second kappa shape index (κ2) is 6.74. The van der Waals surface area contributed by atoms with Gasteiger partial charge in [-0.25, -0.2) is 0 Å². The van der Waals surface area contributed by atoms with E-state index in [1.807, 2.05) is 30.3 Å². The fraction of sp³-hybridized carbons (Fsp3) is 0.263. The number of nitrogens with two attached hydrogens (primary N) is 1. The second-order valence-electron chi connectivity index (χ2n) is 6.02. The molecule has 3 rings (SSSR count). The Labute approximate surface area is 141 Å². The lowest BCUT2D eigenvalue weighted by Gasteiger charge is -2.36. The van der Waals surface area contributed by atoms with Gasteiger partial charge < -0.3 is 16.0 Å². The van der Waals surface area contributed by atoms with E-state index in [1.54, 1.807) is 24.0 Å². The van der Waals surface area contributed by atoms with Crippen molar-refractivity contribution in [2.45, 2.75) is 25.8 Å². The Morgan fingerprint density at radius 2 is 1.88 bits per heavy atom. The van der Waals surface area contributed by atoms with Crippen molar-refractivity contribution >= 4 is 23.2 Å². The van der Waals surface area contributed by atoms with Crippen LogP contribution in [0, 0.1) is 0 Å². The number of rotatable bonds is 3. The van der Waals surface area contributed by atoms with E-state index in [1.165, 1.54) is 5.56 Å². The number of anilines is 2. The molecule has 0 aromatic heterocycles. The van der Waals surface area contributed by atoms with E-state index in [9.17, 15) is 9.59 Å². The van der Waals surface area contributed by atoms with E-state index < -0.39 is 0 Å². The summed E-state index contributed by atoms with van der Waals surface area (Å²) in [6, 6.07) is 14.9. The fourth-order valence-corrected chi connectivity index (χ4v) is 3.24. The van der Waals surface area contributed by atoms with Gasteiger partial charge in [0.1, 0.15) is 0 Å². The zero-order chi connectivity index (χ0) is 17.1. The van der Waals surface area contributed by atoms with E-state index in [4.69, 9.17) is 5.73 Å². The van der Waals surface area contributed by atoms with Gasteiger partial charge in [0.2, 0.25) is 11.8 Å². The van der Waals surface area contributed by atoms with Crippen LogP contribution in [0.15, 0.2) is 48.5 Å². The van der Waals surface area contributed by atoms with Crippen LogP contribution in [0.1, 0.15) is 30.5 Å². The van der Waals surface area contributed by atoms with Crippen LogP contribution in [-0.2, 0) is 16.0 Å². The first-order chi connectivity index (χ1) is 11.6. The molecule has 0 radical (unpaired) electrons. The molecule has 1 atom stereocenters. The molecule has 1 aliphatic rings. The number of nitrogen functional groups attached to an aromatic ring is 1. The topological polar surface area (TPSA) is 75.4 Å². The normalized spacial score (nSPS) is 16.4. The van der Waals surface area contributed by atoms with Crippen LogP contribution < -0.4 is 11.1 Å². The van der Waals surface area contributed by atoms with Crippen molar-refractivity contribution in [1.29, 1.82) is 0 Å². The van der Waals surface area contributed by atoms with Gasteiger partial charge in [-0.2, -0.15) is 0 Å². The van der Waals surface area contributed by atoms with E-state index in [-0.39, 0.29) is 24.3 Å². The van der Waals surface area contributed by atoms with Crippen LogP contribution in [0.3, 0.4) is 0 Å². The molecule has 24 heavy (non-hydrogen) atoms. The summed E-state index contributed by atoms with van der Waals surface area (Å²) in [5, 5.41) is 2.85. The summed E-state index contributed by atoms with van der Waals surface area (Å²) in [7, 11) is 0. The molecule has 2 aromatic rings. The minimum atomic E-state index is -0.239. The van der Waals surface area contributed by atoms with Crippen molar-refractivity contribution in [3.8, 4) is 0 Å². The van der Waals surface area contributed by atoms with E-state index >= 15 is 0 Å². The van der Waals surface area contributed by atoms with Gasteiger partial charge in [-0.1, -0.05) is 36.4 Å². The van der Waals surface area contributed by atoms with E-state index in [0.717, 1.165) is 12.0 Å². The number of fused-ring (bicyclic) bond motifs is 1. The van der Waals surface area contributed by atoms with Crippen molar-refractivity contribution in [2.24, 2.45) is 0 Å². The van der Waals surface area contributed by atoms with E-state index in [0.29, 0.717) is 17.9 Å². The molecule has 0 saturated heterocycles. The van der Waals surface area contributed by atoms with Crippen molar-refractivity contribution in [1.82, 2.24) is 4.90 Å². The van der Waals surface area contributed by atoms with Gasteiger partial charge in [-0.3, -0.25) is 9.59 Å². The number of carbonyl (C=O) groups is 2. The van der Waals surface area contributed by atoms with Crippen LogP contribution in [0.5, 0.6) is 0 Å². The molecule has 2 aromatic carbocycles. The zero-order valence-electron chi connectivity index (χ0n) is 13.7. The van der Waals surface area contributed by atoms with Crippen LogP contribution >= 0.6 is 0 Å². The molecule has 5 heteroatoms. The molecule has 1 heterocycles. The predicted molar refractivity (Wildman–Crippen MR) is 94.4 cm³/mol. The summed E-state index contributed by atoms with van der Waals surface area (Å²) in [6.07, 6.45) is 1.03. The Hall–Kier alpha value is -2.82. The highest BCUT2D eigenvalue weighted by Gasteiger charge is 2.30. The number of nitrogens with one attached hydrogen (secondary N) is 1.